The molecule has 0 saturated heterocycles. The summed E-state index contributed by atoms with van der Waals surface area (Å²) in [6.45, 7) is 3.31. The SMILES string of the molecule is C=C(CCNC(=O)c1ccc(OC(F)(F)F)cn1)NC(=O)COc1ccc(Cl)c(F)c1. The quantitative estimate of drug-likeness (QED) is 0.557. The van der Waals surface area contributed by atoms with Gasteiger partial charge in [0.15, 0.2) is 6.61 Å². The second-order valence-electron chi connectivity index (χ2n) is 5.95. The summed E-state index contributed by atoms with van der Waals surface area (Å²) in [5.74, 6) is -2.30. The first-order valence-corrected chi connectivity index (χ1v) is 8.97. The Morgan fingerprint density at radius 1 is 1.16 bits per heavy atom. The molecule has 31 heavy (non-hydrogen) atoms. The third-order valence-corrected chi connectivity index (χ3v) is 3.80. The average Bonchev–Trinajstić information content (AvgIpc) is 2.68. The van der Waals surface area contributed by atoms with Crippen molar-refractivity contribution in [1.29, 1.82) is 0 Å². The number of hydrogen-bond acceptors (Lipinski definition) is 5. The van der Waals surface area contributed by atoms with Crippen molar-refractivity contribution in [1.82, 2.24) is 15.6 Å². The molecule has 0 saturated carbocycles. The lowest BCUT2D eigenvalue weighted by Crippen LogP contribution is -2.31. The lowest BCUT2D eigenvalue weighted by molar-refractivity contribution is -0.274. The molecule has 0 unspecified atom stereocenters. The Morgan fingerprint density at radius 2 is 1.87 bits per heavy atom. The number of aromatic nitrogens is 1. The van der Waals surface area contributed by atoms with Crippen LogP contribution in [-0.2, 0) is 4.79 Å². The van der Waals surface area contributed by atoms with E-state index in [1.807, 2.05) is 0 Å². The highest BCUT2D eigenvalue weighted by Gasteiger charge is 2.31. The van der Waals surface area contributed by atoms with Crippen molar-refractivity contribution in [2.75, 3.05) is 13.2 Å². The van der Waals surface area contributed by atoms with Crippen LogP contribution >= 0.6 is 11.6 Å². The lowest BCUT2D eigenvalue weighted by atomic mass is 10.3. The van der Waals surface area contributed by atoms with Crippen LogP contribution < -0.4 is 20.1 Å². The summed E-state index contributed by atoms with van der Waals surface area (Å²) in [5.41, 5.74) is 0.158. The number of pyridine rings is 1. The van der Waals surface area contributed by atoms with Gasteiger partial charge >= 0.3 is 6.36 Å². The van der Waals surface area contributed by atoms with E-state index in [1.54, 1.807) is 0 Å². The molecule has 12 heteroatoms. The summed E-state index contributed by atoms with van der Waals surface area (Å²) in [5, 5.41) is 4.85. The number of carbonyl (C=O) groups is 2. The molecule has 0 aliphatic heterocycles. The first kappa shape index (κ1) is 23.9. The number of nitrogens with zero attached hydrogens (tertiary/aromatic N) is 1. The van der Waals surface area contributed by atoms with E-state index < -0.39 is 36.4 Å². The smallest absolute Gasteiger partial charge is 0.484 e. The highest BCUT2D eigenvalue weighted by molar-refractivity contribution is 6.30. The van der Waals surface area contributed by atoms with Gasteiger partial charge in [-0.15, -0.1) is 13.2 Å². The first-order chi connectivity index (χ1) is 14.5. The van der Waals surface area contributed by atoms with Crippen molar-refractivity contribution in [3.63, 3.8) is 0 Å². The van der Waals surface area contributed by atoms with Crippen molar-refractivity contribution < 1.29 is 36.6 Å². The molecule has 1 heterocycles. The third kappa shape index (κ3) is 8.51. The monoisotopic (exact) mass is 461 g/mol. The van der Waals surface area contributed by atoms with E-state index in [2.05, 4.69) is 26.9 Å². The third-order valence-electron chi connectivity index (χ3n) is 3.49. The number of nitrogens with one attached hydrogen (secondary N) is 2. The fourth-order valence-electron chi connectivity index (χ4n) is 2.14. The van der Waals surface area contributed by atoms with Crippen LogP contribution in [0.25, 0.3) is 0 Å². The summed E-state index contributed by atoms with van der Waals surface area (Å²) in [6, 6.07) is 5.76. The van der Waals surface area contributed by atoms with Gasteiger partial charge < -0.3 is 20.1 Å². The predicted molar refractivity (Wildman–Crippen MR) is 102 cm³/mol. The standard InChI is InChI=1S/C19H16ClF4N3O4/c1-11(27-17(28)10-30-12-2-4-14(20)15(21)8-12)6-7-25-18(29)16-5-3-13(9-26-16)31-19(22,23)24/h2-5,8-9H,1,6-7,10H2,(H,25,29)(H,27,28). The Hall–Kier alpha value is -3.34. The van der Waals surface area contributed by atoms with E-state index in [0.717, 1.165) is 24.4 Å². The van der Waals surface area contributed by atoms with Crippen LogP contribution in [0.3, 0.4) is 0 Å². The van der Waals surface area contributed by atoms with E-state index in [0.29, 0.717) is 0 Å². The largest absolute Gasteiger partial charge is 0.573 e. The molecule has 1 aromatic carbocycles. The maximum absolute atomic E-state index is 13.3. The second-order valence-corrected chi connectivity index (χ2v) is 6.36. The molecule has 0 aliphatic rings. The van der Waals surface area contributed by atoms with E-state index in [9.17, 15) is 27.2 Å². The molecular weight excluding hydrogens is 446 g/mol. The molecule has 2 N–H and O–H groups in total. The topological polar surface area (TPSA) is 89.5 Å². The fraction of sp³-hybridized carbons (Fsp3) is 0.211. The zero-order valence-electron chi connectivity index (χ0n) is 15.8. The van der Waals surface area contributed by atoms with Gasteiger partial charge in [-0.05, 0) is 24.3 Å². The Balaban J connectivity index is 1.70. The zero-order valence-corrected chi connectivity index (χ0v) is 16.5. The Morgan fingerprint density at radius 3 is 2.48 bits per heavy atom. The minimum Gasteiger partial charge on any atom is -0.484 e. The van der Waals surface area contributed by atoms with Gasteiger partial charge in [0.1, 0.15) is 23.0 Å². The Bertz CT molecular complexity index is 952. The number of benzene rings is 1. The minimum absolute atomic E-state index is 0.0731. The van der Waals surface area contributed by atoms with E-state index in [1.165, 1.54) is 12.1 Å². The maximum atomic E-state index is 13.3. The molecule has 166 valence electrons. The number of amides is 2. The first-order valence-electron chi connectivity index (χ1n) is 8.59. The Labute approximate surface area is 179 Å². The van der Waals surface area contributed by atoms with Crippen LogP contribution in [0.1, 0.15) is 16.9 Å². The highest BCUT2D eigenvalue weighted by Crippen LogP contribution is 2.22. The van der Waals surface area contributed by atoms with E-state index in [-0.39, 0.29) is 35.1 Å². The van der Waals surface area contributed by atoms with Gasteiger partial charge in [-0.25, -0.2) is 9.37 Å². The summed E-state index contributed by atoms with van der Waals surface area (Å²) in [7, 11) is 0. The van der Waals surface area contributed by atoms with Crippen LogP contribution in [0.4, 0.5) is 17.6 Å². The van der Waals surface area contributed by atoms with Crippen LogP contribution in [0, 0.1) is 5.82 Å². The summed E-state index contributed by atoms with van der Waals surface area (Å²) < 4.78 is 58.4. The van der Waals surface area contributed by atoms with Crippen molar-refractivity contribution in [2.24, 2.45) is 0 Å². The summed E-state index contributed by atoms with van der Waals surface area (Å²) in [4.78, 5) is 27.4. The van der Waals surface area contributed by atoms with Gasteiger partial charge in [-0.1, -0.05) is 18.2 Å². The highest BCUT2D eigenvalue weighted by atomic mass is 35.5. The molecule has 2 amide bonds. The Kier molecular flexibility index (Phi) is 8.20. The molecular formula is C19H16ClF4N3O4. The van der Waals surface area contributed by atoms with Gasteiger partial charge in [-0.3, -0.25) is 9.59 Å². The molecule has 0 bridgehead atoms. The molecule has 0 fully saturated rings. The normalized spacial score (nSPS) is 10.9. The number of ether oxygens (including phenoxy) is 2. The second kappa shape index (κ2) is 10.6. The van der Waals surface area contributed by atoms with Crippen molar-refractivity contribution >= 4 is 23.4 Å². The number of alkyl halides is 3. The van der Waals surface area contributed by atoms with Crippen LogP contribution in [0.15, 0.2) is 48.8 Å². The van der Waals surface area contributed by atoms with Gasteiger partial charge in [0.05, 0.1) is 11.2 Å². The lowest BCUT2D eigenvalue weighted by Gasteiger charge is -2.11. The number of rotatable bonds is 9. The van der Waals surface area contributed by atoms with Gasteiger partial charge in [0.25, 0.3) is 11.8 Å². The zero-order chi connectivity index (χ0) is 23.0. The molecule has 0 atom stereocenters. The van der Waals surface area contributed by atoms with Gasteiger partial charge in [0, 0.05) is 24.7 Å². The van der Waals surface area contributed by atoms with Crippen LogP contribution in [0.5, 0.6) is 11.5 Å². The van der Waals surface area contributed by atoms with Crippen molar-refractivity contribution in [3.8, 4) is 11.5 Å². The molecule has 2 aromatic rings. The molecule has 0 aliphatic carbocycles. The van der Waals surface area contributed by atoms with Gasteiger partial charge in [0.2, 0.25) is 0 Å². The summed E-state index contributed by atoms with van der Waals surface area (Å²) >= 11 is 5.55. The maximum Gasteiger partial charge on any atom is 0.573 e. The van der Waals surface area contributed by atoms with Crippen LogP contribution in [0.2, 0.25) is 5.02 Å². The average molecular weight is 462 g/mol. The number of halogens is 5. The van der Waals surface area contributed by atoms with Crippen molar-refractivity contribution in [3.05, 3.63) is 65.3 Å². The molecule has 0 spiro atoms. The van der Waals surface area contributed by atoms with Gasteiger partial charge in [-0.2, -0.15) is 0 Å². The van der Waals surface area contributed by atoms with Crippen LogP contribution in [-0.4, -0.2) is 36.3 Å². The predicted octanol–water partition coefficient (Wildman–Crippen LogP) is 3.60. The number of hydrogen-bond donors (Lipinski definition) is 2. The molecule has 0 radical (unpaired) electrons. The molecule has 1 aromatic heterocycles. The van der Waals surface area contributed by atoms with E-state index in [4.69, 9.17) is 16.3 Å². The summed E-state index contributed by atoms with van der Waals surface area (Å²) in [6.07, 6.45) is -3.91. The number of carbonyl (C=O) groups excluding carboxylic acids is 2. The minimum atomic E-state index is -4.85. The van der Waals surface area contributed by atoms with E-state index >= 15 is 0 Å². The van der Waals surface area contributed by atoms with Crippen molar-refractivity contribution in [2.45, 2.75) is 12.8 Å². The fourth-order valence-corrected chi connectivity index (χ4v) is 2.25. The molecule has 7 nitrogen and oxygen atoms in total. The molecule has 2 rings (SSSR count).